The van der Waals surface area contributed by atoms with E-state index in [2.05, 4.69) is 26.2 Å². The Morgan fingerprint density at radius 2 is 2.26 bits per heavy atom. The van der Waals surface area contributed by atoms with E-state index in [9.17, 15) is 0 Å². The first-order valence-corrected chi connectivity index (χ1v) is 6.96. The van der Waals surface area contributed by atoms with Crippen molar-refractivity contribution in [1.29, 1.82) is 0 Å². The first-order chi connectivity index (χ1) is 9.20. The average Bonchev–Trinajstić information content (AvgIpc) is 2.82. The summed E-state index contributed by atoms with van der Waals surface area (Å²) in [6, 6.07) is 5.63. The van der Waals surface area contributed by atoms with Gasteiger partial charge in [-0.15, -0.1) is 0 Å². The molecule has 1 N–H and O–H groups in total. The van der Waals surface area contributed by atoms with E-state index >= 15 is 0 Å². The Kier molecular flexibility index (Phi) is 5.39. The van der Waals surface area contributed by atoms with Gasteiger partial charge in [0.05, 0.1) is 6.61 Å². The van der Waals surface area contributed by atoms with E-state index in [1.807, 2.05) is 18.2 Å². The SMILES string of the molecule is COCCNCc1ncoc1-c1cc(Cl)cc(Br)c1. The summed E-state index contributed by atoms with van der Waals surface area (Å²) < 4.78 is 11.3. The minimum atomic E-state index is 0.624. The van der Waals surface area contributed by atoms with Crippen LogP contribution in [0.3, 0.4) is 0 Å². The fourth-order valence-corrected chi connectivity index (χ4v) is 2.56. The molecule has 6 heteroatoms. The third-order valence-corrected chi connectivity index (χ3v) is 3.22. The zero-order chi connectivity index (χ0) is 13.7. The summed E-state index contributed by atoms with van der Waals surface area (Å²) in [5, 5.41) is 3.89. The third-order valence-electron chi connectivity index (χ3n) is 2.54. The molecule has 1 aromatic carbocycles. The molecule has 4 nitrogen and oxygen atoms in total. The molecular weight excluding hydrogens is 332 g/mol. The van der Waals surface area contributed by atoms with Crippen molar-refractivity contribution in [2.45, 2.75) is 6.54 Å². The van der Waals surface area contributed by atoms with Gasteiger partial charge in [0.25, 0.3) is 0 Å². The Morgan fingerprint density at radius 3 is 3.00 bits per heavy atom. The lowest BCUT2D eigenvalue weighted by atomic mass is 10.1. The van der Waals surface area contributed by atoms with E-state index < -0.39 is 0 Å². The second-order valence-corrected chi connectivity index (χ2v) is 5.31. The molecule has 0 radical (unpaired) electrons. The number of nitrogens with zero attached hydrogens (tertiary/aromatic N) is 1. The van der Waals surface area contributed by atoms with Gasteiger partial charge in [-0.05, 0) is 18.2 Å². The zero-order valence-electron chi connectivity index (χ0n) is 10.5. The molecule has 2 aromatic rings. The number of halogens is 2. The zero-order valence-corrected chi connectivity index (χ0v) is 12.8. The number of oxazole rings is 1. The summed E-state index contributed by atoms with van der Waals surface area (Å²) in [4.78, 5) is 4.22. The van der Waals surface area contributed by atoms with Crippen LogP contribution in [0.25, 0.3) is 11.3 Å². The lowest BCUT2D eigenvalue weighted by molar-refractivity contribution is 0.199. The van der Waals surface area contributed by atoms with E-state index in [0.29, 0.717) is 18.2 Å². The smallest absolute Gasteiger partial charge is 0.181 e. The maximum Gasteiger partial charge on any atom is 0.181 e. The largest absolute Gasteiger partial charge is 0.443 e. The summed E-state index contributed by atoms with van der Waals surface area (Å²) in [6.07, 6.45) is 1.44. The summed E-state index contributed by atoms with van der Waals surface area (Å²) in [5.41, 5.74) is 1.76. The molecule has 102 valence electrons. The molecule has 0 aliphatic carbocycles. The van der Waals surface area contributed by atoms with Crippen LogP contribution in [0.2, 0.25) is 5.02 Å². The summed E-state index contributed by atoms with van der Waals surface area (Å²) in [5.74, 6) is 0.730. The van der Waals surface area contributed by atoms with Crippen molar-refractivity contribution in [1.82, 2.24) is 10.3 Å². The van der Waals surface area contributed by atoms with E-state index in [1.54, 1.807) is 7.11 Å². The maximum atomic E-state index is 6.04. The van der Waals surface area contributed by atoms with Gasteiger partial charge in [-0.1, -0.05) is 27.5 Å². The standard InChI is InChI=1S/C13H14BrClN2O2/c1-18-3-2-16-7-12-13(19-8-17-12)9-4-10(14)6-11(15)5-9/h4-6,8,16H,2-3,7H2,1H3. The fourth-order valence-electron chi connectivity index (χ4n) is 1.70. The van der Waals surface area contributed by atoms with Crippen LogP contribution >= 0.6 is 27.5 Å². The fraction of sp³-hybridized carbons (Fsp3) is 0.308. The highest BCUT2D eigenvalue weighted by molar-refractivity contribution is 9.10. The highest BCUT2D eigenvalue weighted by Crippen LogP contribution is 2.29. The summed E-state index contributed by atoms with van der Waals surface area (Å²) in [6.45, 7) is 2.05. The number of hydrogen-bond acceptors (Lipinski definition) is 4. The first-order valence-electron chi connectivity index (χ1n) is 5.79. The van der Waals surface area contributed by atoms with Crippen molar-refractivity contribution in [2.75, 3.05) is 20.3 Å². The van der Waals surface area contributed by atoms with Gasteiger partial charge >= 0.3 is 0 Å². The number of hydrogen-bond donors (Lipinski definition) is 1. The van der Waals surface area contributed by atoms with Crippen LogP contribution in [0, 0.1) is 0 Å². The van der Waals surface area contributed by atoms with Crippen LogP contribution in [0.4, 0.5) is 0 Å². The molecular formula is C13H14BrClN2O2. The molecule has 1 heterocycles. The average molecular weight is 346 g/mol. The molecule has 0 spiro atoms. The lowest BCUT2D eigenvalue weighted by Gasteiger charge is -2.05. The molecule has 0 atom stereocenters. The lowest BCUT2D eigenvalue weighted by Crippen LogP contribution is -2.19. The molecule has 0 aliphatic rings. The van der Waals surface area contributed by atoms with Crippen molar-refractivity contribution < 1.29 is 9.15 Å². The number of rotatable bonds is 6. The van der Waals surface area contributed by atoms with Crippen LogP contribution in [0.5, 0.6) is 0 Å². The second-order valence-electron chi connectivity index (χ2n) is 3.96. The van der Waals surface area contributed by atoms with Gasteiger partial charge < -0.3 is 14.5 Å². The molecule has 0 unspecified atom stereocenters. The maximum absolute atomic E-state index is 6.04. The molecule has 19 heavy (non-hydrogen) atoms. The Hall–Kier alpha value is -0.880. The minimum Gasteiger partial charge on any atom is -0.443 e. The molecule has 0 saturated carbocycles. The molecule has 0 fully saturated rings. The molecule has 1 aromatic heterocycles. The van der Waals surface area contributed by atoms with Gasteiger partial charge in [0, 0.05) is 35.3 Å². The van der Waals surface area contributed by atoms with Crippen molar-refractivity contribution >= 4 is 27.5 Å². The predicted molar refractivity (Wildman–Crippen MR) is 78.2 cm³/mol. The number of ether oxygens (including phenoxy) is 1. The van der Waals surface area contributed by atoms with Crippen molar-refractivity contribution in [2.24, 2.45) is 0 Å². The van der Waals surface area contributed by atoms with Crippen LogP contribution in [0.1, 0.15) is 5.69 Å². The van der Waals surface area contributed by atoms with Crippen LogP contribution in [0.15, 0.2) is 33.5 Å². The predicted octanol–water partition coefficient (Wildman–Crippen LogP) is 3.49. The first kappa shape index (κ1) is 14.5. The Balaban J connectivity index is 2.14. The van der Waals surface area contributed by atoms with Gasteiger partial charge in [-0.25, -0.2) is 4.98 Å². The summed E-state index contributed by atoms with van der Waals surface area (Å²) in [7, 11) is 1.67. The molecule has 0 saturated heterocycles. The Bertz CT molecular complexity index is 525. The molecule has 0 bridgehead atoms. The number of aromatic nitrogens is 1. The van der Waals surface area contributed by atoms with E-state index in [-0.39, 0.29) is 0 Å². The van der Waals surface area contributed by atoms with Gasteiger partial charge in [0.2, 0.25) is 0 Å². The monoisotopic (exact) mass is 344 g/mol. The quantitative estimate of drug-likeness (QED) is 0.814. The highest BCUT2D eigenvalue weighted by atomic mass is 79.9. The van der Waals surface area contributed by atoms with Crippen molar-refractivity contribution in [3.63, 3.8) is 0 Å². The number of nitrogens with one attached hydrogen (secondary N) is 1. The Morgan fingerprint density at radius 1 is 1.42 bits per heavy atom. The highest BCUT2D eigenvalue weighted by Gasteiger charge is 2.11. The molecule has 2 rings (SSSR count). The molecule has 0 amide bonds. The van der Waals surface area contributed by atoms with Crippen LogP contribution in [-0.2, 0) is 11.3 Å². The summed E-state index contributed by atoms with van der Waals surface area (Å²) >= 11 is 9.46. The van der Waals surface area contributed by atoms with Crippen LogP contribution in [-0.4, -0.2) is 25.2 Å². The second kappa shape index (κ2) is 7.05. The minimum absolute atomic E-state index is 0.624. The van der Waals surface area contributed by atoms with Gasteiger partial charge in [-0.3, -0.25) is 0 Å². The van der Waals surface area contributed by atoms with Gasteiger partial charge in [-0.2, -0.15) is 0 Å². The third kappa shape index (κ3) is 4.04. The molecule has 0 aliphatic heterocycles. The van der Waals surface area contributed by atoms with Crippen molar-refractivity contribution in [3.8, 4) is 11.3 Å². The van der Waals surface area contributed by atoms with E-state index in [0.717, 1.165) is 28.0 Å². The topological polar surface area (TPSA) is 47.3 Å². The van der Waals surface area contributed by atoms with E-state index in [4.69, 9.17) is 20.8 Å². The van der Waals surface area contributed by atoms with Gasteiger partial charge in [0.1, 0.15) is 5.69 Å². The van der Waals surface area contributed by atoms with Crippen LogP contribution < -0.4 is 5.32 Å². The number of methoxy groups -OCH3 is 1. The van der Waals surface area contributed by atoms with E-state index in [1.165, 1.54) is 6.39 Å². The normalized spacial score (nSPS) is 10.9. The Labute approximate surface area is 125 Å². The van der Waals surface area contributed by atoms with Gasteiger partial charge in [0.15, 0.2) is 12.2 Å². The van der Waals surface area contributed by atoms with Crippen molar-refractivity contribution in [3.05, 3.63) is 39.8 Å². The number of benzene rings is 1.